The van der Waals surface area contributed by atoms with Crippen molar-refractivity contribution in [2.75, 3.05) is 0 Å². The van der Waals surface area contributed by atoms with E-state index in [1.165, 1.54) is 0 Å². The van der Waals surface area contributed by atoms with Gasteiger partial charge in [0, 0.05) is 22.0 Å². The lowest BCUT2D eigenvalue weighted by Crippen LogP contribution is -2.38. The molecule has 4 nitrogen and oxygen atoms in total. The molecule has 0 spiro atoms. The average molecular weight is 473 g/mol. The monoisotopic (exact) mass is 472 g/mol. The number of halogens is 2. The Morgan fingerprint density at radius 2 is 1.65 bits per heavy atom. The van der Waals surface area contributed by atoms with E-state index in [-0.39, 0.29) is 11.7 Å². The minimum absolute atomic E-state index is 0.163. The third-order valence-corrected chi connectivity index (χ3v) is 6.96. The van der Waals surface area contributed by atoms with Crippen LogP contribution >= 0.6 is 23.2 Å². The van der Waals surface area contributed by atoms with Gasteiger partial charge in [-0.05, 0) is 66.4 Å². The molecule has 0 aliphatic heterocycles. The van der Waals surface area contributed by atoms with Crippen LogP contribution in [-0.2, 0) is 22.2 Å². The van der Waals surface area contributed by atoms with Crippen LogP contribution in [-0.4, -0.2) is 14.5 Å². The predicted octanol–water partition coefficient (Wildman–Crippen LogP) is 5.70. The molecule has 0 bridgehead atoms. The third kappa shape index (κ3) is 6.81. The van der Waals surface area contributed by atoms with Crippen LogP contribution in [0.15, 0.2) is 72.8 Å². The lowest BCUT2D eigenvalue weighted by atomic mass is 9.86. The van der Waals surface area contributed by atoms with E-state index in [0.717, 1.165) is 11.1 Å². The van der Waals surface area contributed by atoms with Crippen LogP contribution in [0.4, 0.5) is 0 Å². The number of nitriles is 1. The van der Waals surface area contributed by atoms with Gasteiger partial charge in [-0.25, -0.2) is 13.1 Å². The lowest BCUT2D eigenvalue weighted by Gasteiger charge is -2.26. The molecule has 0 aliphatic rings. The Kier molecular flexibility index (Phi) is 7.74. The van der Waals surface area contributed by atoms with Crippen molar-refractivity contribution in [1.82, 2.24) is 4.72 Å². The number of hydrogen-bond donors (Lipinski definition) is 1. The molecule has 0 saturated heterocycles. The fourth-order valence-corrected chi connectivity index (χ4v) is 5.32. The maximum Gasteiger partial charge on any atom is 0.216 e. The quantitative estimate of drug-likeness (QED) is 0.456. The van der Waals surface area contributed by atoms with E-state index in [1.54, 1.807) is 30.3 Å². The summed E-state index contributed by atoms with van der Waals surface area (Å²) in [6, 6.07) is 23.3. The van der Waals surface area contributed by atoms with Crippen LogP contribution in [0, 0.1) is 11.3 Å². The van der Waals surface area contributed by atoms with Gasteiger partial charge in [0.1, 0.15) is 0 Å². The average Bonchev–Trinajstić information content (AvgIpc) is 2.72. The second-order valence-corrected chi connectivity index (χ2v) is 10.1. The fraction of sp³-hybridized carbons (Fsp3) is 0.208. The summed E-state index contributed by atoms with van der Waals surface area (Å²) in [4.78, 5) is 0. The number of hydrogen-bond acceptors (Lipinski definition) is 3. The zero-order valence-electron chi connectivity index (χ0n) is 16.9. The molecule has 2 atom stereocenters. The smallest absolute Gasteiger partial charge is 0.212 e. The van der Waals surface area contributed by atoms with Gasteiger partial charge in [-0.2, -0.15) is 5.26 Å². The molecular weight excluding hydrogens is 451 g/mol. The molecule has 0 radical (unpaired) electrons. The minimum Gasteiger partial charge on any atom is -0.212 e. The van der Waals surface area contributed by atoms with Crippen molar-refractivity contribution in [2.24, 2.45) is 0 Å². The van der Waals surface area contributed by atoms with Crippen LogP contribution in [0.1, 0.15) is 35.1 Å². The molecule has 1 N–H and O–H groups in total. The van der Waals surface area contributed by atoms with Crippen LogP contribution < -0.4 is 4.72 Å². The first kappa shape index (κ1) is 23.3. The van der Waals surface area contributed by atoms with Crippen molar-refractivity contribution in [3.63, 3.8) is 0 Å². The van der Waals surface area contributed by atoms with Crippen molar-refractivity contribution in [3.05, 3.63) is 105 Å². The highest BCUT2D eigenvalue weighted by molar-refractivity contribution is 7.88. The highest BCUT2D eigenvalue weighted by atomic mass is 35.5. The highest BCUT2D eigenvalue weighted by Crippen LogP contribution is 2.27. The van der Waals surface area contributed by atoms with E-state index in [9.17, 15) is 13.7 Å². The van der Waals surface area contributed by atoms with Gasteiger partial charge in [-0.1, -0.05) is 59.6 Å². The molecule has 0 aromatic heterocycles. The summed E-state index contributed by atoms with van der Waals surface area (Å²) in [6.45, 7) is 1.84. The van der Waals surface area contributed by atoms with Gasteiger partial charge in [0.25, 0.3) is 0 Å². The maximum absolute atomic E-state index is 12.9. The third-order valence-electron chi connectivity index (χ3n) is 5.03. The summed E-state index contributed by atoms with van der Waals surface area (Å²) < 4.78 is 28.5. The van der Waals surface area contributed by atoms with Crippen molar-refractivity contribution >= 4 is 33.2 Å². The summed E-state index contributed by atoms with van der Waals surface area (Å²) in [7, 11) is -3.61. The molecule has 3 aromatic rings. The van der Waals surface area contributed by atoms with Crippen molar-refractivity contribution in [3.8, 4) is 6.07 Å². The molecule has 31 heavy (non-hydrogen) atoms. The largest absolute Gasteiger partial charge is 0.216 e. The summed E-state index contributed by atoms with van der Waals surface area (Å²) in [6.07, 6.45) is 0.590. The summed E-state index contributed by atoms with van der Waals surface area (Å²) in [5.74, 6) is -0.340. The number of nitrogens with one attached hydrogen (secondary N) is 1. The van der Waals surface area contributed by atoms with Crippen molar-refractivity contribution in [1.29, 1.82) is 5.26 Å². The molecule has 3 aromatic carbocycles. The number of sulfonamides is 1. The highest BCUT2D eigenvalue weighted by Gasteiger charge is 2.25. The van der Waals surface area contributed by atoms with Gasteiger partial charge in [0.2, 0.25) is 10.0 Å². The molecule has 0 saturated carbocycles. The Morgan fingerprint density at radius 1 is 0.935 bits per heavy atom. The van der Waals surface area contributed by atoms with Crippen LogP contribution in [0.3, 0.4) is 0 Å². The fourth-order valence-electron chi connectivity index (χ4n) is 3.55. The van der Waals surface area contributed by atoms with Crippen LogP contribution in [0.5, 0.6) is 0 Å². The number of rotatable bonds is 8. The SMILES string of the molecule is C[C@H](NS(=O)(=O)Cc1cccc(Cl)c1)[C@@H](Cc1ccc(Cl)cc1)c1cccc(C#N)c1. The Balaban J connectivity index is 1.86. The second kappa shape index (κ2) is 10.3. The van der Waals surface area contributed by atoms with Gasteiger partial charge in [0.05, 0.1) is 17.4 Å². The van der Waals surface area contributed by atoms with Crippen LogP contribution in [0.2, 0.25) is 10.0 Å². The zero-order chi connectivity index (χ0) is 22.4. The first-order valence-corrected chi connectivity index (χ1v) is 12.2. The molecule has 0 unspecified atom stereocenters. The standard InChI is InChI=1S/C24H22Cl2N2O2S/c1-17(28-31(29,30)16-20-5-3-7-23(26)13-20)24(14-18-8-10-22(25)11-9-18)21-6-2-4-19(12-21)15-27/h2-13,17,24,28H,14,16H2,1H3/t17-,24+/m0/s1. The molecule has 0 fully saturated rings. The van der Waals surface area contributed by atoms with Gasteiger partial charge in [-0.3, -0.25) is 0 Å². The van der Waals surface area contributed by atoms with Gasteiger partial charge in [0.15, 0.2) is 0 Å². The topological polar surface area (TPSA) is 70.0 Å². The van der Waals surface area contributed by atoms with Crippen molar-refractivity contribution in [2.45, 2.75) is 31.1 Å². The zero-order valence-corrected chi connectivity index (χ0v) is 19.3. The number of benzene rings is 3. The Bertz CT molecular complexity index is 1190. The molecule has 0 aliphatic carbocycles. The van der Waals surface area contributed by atoms with Crippen molar-refractivity contribution < 1.29 is 8.42 Å². The summed E-state index contributed by atoms with van der Waals surface area (Å²) >= 11 is 12.0. The van der Waals surface area contributed by atoms with Crippen LogP contribution in [0.25, 0.3) is 0 Å². The minimum atomic E-state index is -3.61. The summed E-state index contributed by atoms with van der Waals surface area (Å²) in [5, 5.41) is 10.4. The normalized spacial score (nSPS) is 13.4. The molecule has 0 amide bonds. The Hall–Kier alpha value is -2.36. The van der Waals surface area contributed by atoms with E-state index < -0.39 is 16.1 Å². The second-order valence-electron chi connectivity index (χ2n) is 7.47. The molecule has 3 rings (SSSR count). The lowest BCUT2D eigenvalue weighted by molar-refractivity contribution is 0.503. The Morgan fingerprint density at radius 3 is 2.32 bits per heavy atom. The summed E-state index contributed by atoms with van der Waals surface area (Å²) in [5.41, 5.74) is 3.07. The molecule has 7 heteroatoms. The first-order valence-electron chi connectivity index (χ1n) is 9.75. The predicted molar refractivity (Wildman–Crippen MR) is 126 cm³/mol. The molecule has 160 valence electrons. The first-order chi connectivity index (χ1) is 14.8. The number of nitrogens with zero attached hydrogens (tertiary/aromatic N) is 1. The van der Waals surface area contributed by atoms with Gasteiger partial charge >= 0.3 is 0 Å². The van der Waals surface area contributed by atoms with E-state index in [4.69, 9.17) is 23.2 Å². The van der Waals surface area contributed by atoms with E-state index in [1.807, 2.05) is 49.4 Å². The van der Waals surface area contributed by atoms with E-state index in [2.05, 4.69) is 10.8 Å². The van der Waals surface area contributed by atoms with E-state index >= 15 is 0 Å². The maximum atomic E-state index is 12.9. The molecular formula is C24H22Cl2N2O2S. The van der Waals surface area contributed by atoms with Gasteiger partial charge < -0.3 is 0 Å². The van der Waals surface area contributed by atoms with E-state index in [0.29, 0.717) is 27.6 Å². The Labute approximate surface area is 193 Å². The van der Waals surface area contributed by atoms with Gasteiger partial charge in [-0.15, -0.1) is 0 Å². The molecule has 0 heterocycles.